The Morgan fingerprint density at radius 2 is 1.89 bits per heavy atom. The van der Waals surface area contributed by atoms with Crippen LogP contribution in [0.25, 0.3) is 0 Å². The van der Waals surface area contributed by atoms with Crippen molar-refractivity contribution >= 4 is 29.1 Å². The summed E-state index contributed by atoms with van der Waals surface area (Å²) in [6.45, 7) is 2.24. The van der Waals surface area contributed by atoms with E-state index < -0.39 is 0 Å². The molecule has 0 aliphatic rings. The van der Waals surface area contributed by atoms with Gasteiger partial charge in [-0.1, -0.05) is 23.7 Å². The lowest BCUT2D eigenvalue weighted by Crippen LogP contribution is -2.27. The highest BCUT2D eigenvalue weighted by Gasteiger charge is 2.10. The lowest BCUT2D eigenvalue weighted by Gasteiger charge is -2.09. The van der Waals surface area contributed by atoms with Gasteiger partial charge in [0.1, 0.15) is 11.5 Å². The number of rotatable bonds is 6. The first-order valence-corrected chi connectivity index (χ1v) is 8.78. The maximum absolute atomic E-state index is 13.0. The van der Waals surface area contributed by atoms with Gasteiger partial charge in [-0.05, 0) is 61.4 Å². The van der Waals surface area contributed by atoms with Crippen LogP contribution in [-0.4, -0.2) is 22.4 Å². The SMILES string of the molecule is Cc1cc(C(=O)NCCc2cccc(Cl)c2)nc(Nc2ccc(F)cc2)n1. The van der Waals surface area contributed by atoms with E-state index in [1.54, 1.807) is 25.1 Å². The van der Waals surface area contributed by atoms with Gasteiger partial charge in [0.2, 0.25) is 5.95 Å². The molecular weight excluding hydrogens is 367 g/mol. The van der Waals surface area contributed by atoms with E-state index in [1.807, 2.05) is 24.3 Å². The second-order valence-electron chi connectivity index (χ2n) is 5.99. The fraction of sp³-hybridized carbons (Fsp3) is 0.150. The minimum absolute atomic E-state index is 0.262. The quantitative estimate of drug-likeness (QED) is 0.665. The minimum atomic E-state index is -0.328. The number of carbonyl (C=O) groups excluding carboxylic acids is 1. The molecule has 1 heterocycles. The first-order chi connectivity index (χ1) is 13.0. The van der Waals surface area contributed by atoms with Gasteiger partial charge in [-0.25, -0.2) is 14.4 Å². The smallest absolute Gasteiger partial charge is 0.270 e. The molecule has 2 N–H and O–H groups in total. The Morgan fingerprint density at radius 1 is 1.11 bits per heavy atom. The molecule has 3 rings (SSSR count). The Labute approximate surface area is 161 Å². The van der Waals surface area contributed by atoms with E-state index in [1.165, 1.54) is 12.1 Å². The van der Waals surface area contributed by atoms with Crippen LogP contribution in [0, 0.1) is 12.7 Å². The molecule has 5 nitrogen and oxygen atoms in total. The number of amides is 1. The van der Waals surface area contributed by atoms with Crippen LogP contribution in [0.5, 0.6) is 0 Å². The highest BCUT2D eigenvalue weighted by Crippen LogP contribution is 2.15. The summed E-state index contributed by atoms with van der Waals surface area (Å²) < 4.78 is 13.0. The molecule has 2 aromatic carbocycles. The Hall–Kier alpha value is -2.99. The van der Waals surface area contributed by atoms with Crippen LogP contribution < -0.4 is 10.6 Å². The molecule has 0 aliphatic carbocycles. The average molecular weight is 385 g/mol. The van der Waals surface area contributed by atoms with E-state index in [2.05, 4.69) is 20.6 Å². The zero-order chi connectivity index (χ0) is 19.2. The molecule has 0 saturated carbocycles. The van der Waals surface area contributed by atoms with Crippen LogP contribution in [0.2, 0.25) is 5.02 Å². The molecule has 0 bridgehead atoms. The van der Waals surface area contributed by atoms with Gasteiger partial charge in [0.15, 0.2) is 0 Å². The van der Waals surface area contributed by atoms with Crippen molar-refractivity contribution in [3.05, 3.63) is 82.4 Å². The maximum Gasteiger partial charge on any atom is 0.270 e. The Balaban J connectivity index is 1.64. The molecule has 7 heteroatoms. The van der Waals surface area contributed by atoms with Gasteiger partial charge in [0, 0.05) is 22.9 Å². The van der Waals surface area contributed by atoms with Gasteiger partial charge < -0.3 is 10.6 Å². The number of carbonyl (C=O) groups is 1. The third-order valence-electron chi connectivity index (χ3n) is 3.78. The van der Waals surface area contributed by atoms with Gasteiger partial charge in [0.05, 0.1) is 0 Å². The fourth-order valence-electron chi connectivity index (χ4n) is 2.51. The monoisotopic (exact) mass is 384 g/mol. The molecule has 1 aromatic heterocycles. The van der Waals surface area contributed by atoms with Crippen molar-refractivity contribution in [2.75, 3.05) is 11.9 Å². The number of aryl methyl sites for hydroxylation is 1. The van der Waals surface area contributed by atoms with E-state index in [-0.39, 0.29) is 23.4 Å². The number of aromatic nitrogens is 2. The molecular formula is C20H18ClFN4O. The topological polar surface area (TPSA) is 66.9 Å². The van der Waals surface area contributed by atoms with Crippen molar-refractivity contribution in [1.29, 1.82) is 0 Å². The van der Waals surface area contributed by atoms with Crippen molar-refractivity contribution in [3.8, 4) is 0 Å². The number of anilines is 2. The summed E-state index contributed by atoms with van der Waals surface area (Å²) in [6, 6.07) is 14.9. The van der Waals surface area contributed by atoms with Crippen molar-refractivity contribution in [1.82, 2.24) is 15.3 Å². The minimum Gasteiger partial charge on any atom is -0.350 e. The summed E-state index contributed by atoms with van der Waals surface area (Å²) in [5.74, 6) is -0.336. The number of hydrogen-bond acceptors (Lipinski definition) is 4. The Morgan fingerprint density at radius 3 is 2.63 bits per heavy atom. The lowest BCUT2D eigenvalue weighted by molar-refractivity contribution is 0.0949. The van der Waals surface area contributed by atoms with Gasteiger partial charge in [-0.3, -0.25) is 4.79 Å². The Kier molecular flexibility index (Phi) is 5.98. The number of benzene rings is 2. The van der Waals surface area contributed by atoms with E-state index in [0.29, 0.717) is 29.4 Å². The van der Waals surface area contributed by atoms with Gasteiger partial charge >= 0.3 is 0 Å². The molecule has 27 heavy (non-hydrogen) atoms. The summed E-state index contributed by atoms with van der Waals surface area (Å²) in [5.41, 5.74) is 2.59. The van der Waals surface area contributed by atoms with Crippen LogP contribution in [-0.2, 0) is 6.42 Å². The molecule has 0 spiro atoms. The van der Waals surface area contributed by atoms with E-state index in [9.17, 15) is 9.18 Å². The van der Waals surface area contributed by atoms with Crippen molar-refractivity contribution in [3.63, 3.8) is 0 Å². The first-order valence-electron chi connectivity index (χ1n) is 8.40. The number of hydrogen-bond donors (Lipinski definition) is 2. The standard InChI is InChI=1S/C20H18ClFN4O/c1-13-11-18(19(27)23-10-9-14-3-2-4-15(21)12-14)26-20(24-13)25-17-7-5-16(22)6-8-17/h2-8,11-12H,9-10H2,1H3,(H,23,27)(H,24,25,26). The van der Waals surface area contributed by atoms with Gasteiger partial charge in [-0.2, -0.15) is 0 Å². The maximum atomic E-state index is 13.0. The molecule has 0 unspecified atom stereocenters. The second kappa shape index (κ2) is 8.60. The summed E-state index contributed by atoms with van der Waals surface area (Å²) in [7, 11) is 0. The number of nitrogens with zero attached hydrogens (tertiary/aromatic N) is 2. The molecule has 0 fully saturated rings. The third kappa shape index (κ3) is 5.49. The summed E-state index contributed by atoms with van der Waals surface area (Å²) in [5, 5.41) is 6.48. The number of halogens is 2. The van der Waals surface area contributed by atoms with Gasteiger partial charge in [0.25, 0.3) is 5.91 Å². The molecule has 138 valence electrons. The summed E-state index contributed by atoms with van der Waals surface area (Å²) >= 11 is 5.96. The Bertz CT molecular complexity index is 947. The molecule has 1 amide bonds. The normalized spacial score (nSPS) is 10.5. The van der Waals surface area contributed by atoms with Crippen molar-refractivity contribution in [2.45, 2.75) is 13.3 Å². The average Bonchev–Trinajstić information content (AvgIpc) is 2.63. The molecule has 0 saturated heterocycles. The van der Waals surface area contributed by atoms with Crippen LogP contribution >= 0.6 is 11.6 Å². The predicted octanol–water partition coefficient (Wildman–Crippen LogP) is 4.29. The zero-order valence-electron chi connectivity index (χ0n) is 14.7. The molecule has 0 aliphatic heterocycles. The van der Waals surface area contributed by atoms with Gasteiger partial charge in [-0.15, -0.1) is 0 Å². The number of nitrogens with one attached hydrogen (secondary N) is 2. The third-order valence-corrected chi connectivity index (χ3v) is 4.01. The van der Waals surface area contributed by atoms with Crippen molar-refractivity contribution in [2.24, 2.45) is 0 Å². The predicted molar refractivity (Wildman–Crippen MR) is 104 cm³/mol. The fourth-order valence-corrected chi connectivity index (χ4v) is 2.72. The van der Waals surface area contributed by atoms with Crippen LogP contribution in [0.4, 0.5) is 16.0 Å². The zero-order valence-corrected chi connectivity index (χ0v) is 15.4. The highest BCUT2D eigenvalue weighted by atomic mass is 35.5. The molecule has 0 radical (unpaired) electrons. The van der Waals surface area contributed by atoms with Crippen LogP contribution in [0.1, 0.15) is 21.7 Å². The van der Waals surface area contributed by atoms with E-state index >= 15 is 0 Å². The molecule has 3 aromatic rings. The lowest BCUT2D eigenvalue weighted by atomic mass is 10.1. The summed E-state index contributed by atoms with van der Waals surface area (Å²) in [6.07, 6.45) is 0.664. The largest absolute Gasteiger partial charge is 0.350 e. The first kappa shape index (κ1) is 18.8. The van der Waals surface area contributed by atoms with Crippen LogP contribution in [0.15, 0.2) is 54.6 Å². The summed E-state index contributed by atoms with van der Waals surface area (Å²) in [4.78, 5) is 20.9. The van der Waals surface area contributed by atoms with E-state index in [4.69, 9.17) is 11.6 Å². The van der Waals surface area contributed by atoms with Crippen molar-refractivity contribution < 1.29 is 9.18 Å². The molecule has 0 atom stereocenters. The second-order valence-corrected chi connectivity index (χ2v) is 6.42. The van der Waals surface area contributed by atoms with Crippen LogP contribution in [0.3, 0.4) is 0 Å². The van der Waals surface area contributed by atoms with E-state index in [0.717, 1.165) is 5.56 Å². The highest BCUT2D eigenvalue weighted by molar-refractivity contribution is 6.30.